The molecule has 0 spiro atoms. The van der Waals surface area contributed by atoms with Crippen molar-refractivity contribution in [3.8, 4) is 0 Å². The number of pyridine rings is 1. The number of anilines is 1. The molecule has 2 unspecified atom stereocenters. The van der Waals surface area contributed by atoms with Crippen LogP contribution in [0.15, 0.2) is 23.1 Å². The first-order chi connectivity index (χ1) is 15.9. The molecule has 0 bridgehead atoms. The molecule has 8 nitrogen and oxygen atoms in total. The summed E-state index contributed by atoms with van der Waals surface area (Å²) in [7, 11) is 0. The Morgan fingerprint density at radius 2 is 2.00 bits per heavy atom. The topological polar surface area (TPSA) is 112 Å². The van der Waals surface area contributed by atoms with Gasteiger partial charge in [0.1, 0.15) is 17.4 Å². The average molecular weight is 459 g/mol. The number of nitrogens with one attached hydrogen (secondary N) is 3. The third-order valence-corrected chi connectivity index (χ3v) is 6.77. The minimum Gasteiger partial charge on any atom is -0.480 e. The molecule has 1 aliphatic carbocycles. The molecule has 4 rings (SSSR count). The maximum Gasteiger partial charge on any atom is 0.326 e. The van der Waals surface area contributed by atoms with E-state index in [1.165, 1.54) is 18.7 Å². The highest BCUT2D eigenvalue weighted by atomic mass is 19.1. The van der Waals surface area contributed by atoms with Crippen LogP contribution in [0.2, 0.25) is 0 Å². The Labute approximate surface area is 191 Å². The summed E-state index contributed by atoms with van der Waals surface area (Å²) in [6.45, 7) is 3.10. The van der Waals surface area contributed by atoms with Gasteiger partial charge in [0.05, 0.1) is 11.2 Å². The molecule has 1 aliphatic heterocycles. The van der Waals surface area contributed by atoms with E-state index in [-0.39, 0.29) is 29.5 Å². The Hall–Kier alpha value is -2.94. The van der Waals surface area contributed by atoms with Crippen LogP contribution in [0.5, 0.6) is 0 Å². The average Bonchev–Trinajstić information content (AvgIpc) is 3.34. The summed E-state index contributed by atoms with van der Waals surface area (Å²) in [5.74, 6) is -2.46. The third-order valence-electron chi connectivity index (χ3n) is 6.77. The van der Waals surface area contributed by atoms with Gasteiger partial charge in [0.2, 0.25) is 5.43 Å². The summed E-state index contributed by atoms with van der Waals surface area (Å²) >= 11 is 0. The number of nitrogens with zero attached hydrogens (tertiary/aromatic N) is 1. The van der Waals surface area contributed by atoms with Crippen molar-refractivity contribution in [2.24, 2.45) is 0 Å². The van der Waals surface area contributed by atoms with Crippen LogP contribution < -0.4 is 21.4 Å². The fraction of sp³-hybridized carbons (Fsp3) is 0.542. The molecule has 1 aromatic carbocycles. The van der Waals surface area contributed by atoms with E-state index >= 15 is 4.39 Å². The third kappa shape index (κ3) is 4.88. The standard InChI is InChI=1S/C24H31FN4O4/c1-2-19(24(32)33)28-23(31)17-13-29(15-8-9-26-12-15)21-11-20(18(25)10-16(21)22(17)30)27-14-6-4-3-5-7-14/h10-11,13-15,19,26-27H,2-9,12H2,1H3,(H,28,31)(H,32,33). The molecule has 2 aliphatic rings. The fourth-order valence-corrected chi connectivity index (χ4v) is 4.86. The highest BCUT2D eigenvalue weighted by molar-refractivity contribution is 5.99. The molecule has 1 saturated carbocycles. The predicted molar refractivity (Wildman–Crippen MR) is 124 cm³/mol. The zero-order chi connectivity index (χ0) is 23.5. The minimum absolute atomic E-state index is 0.00547. The van der Waals surface area contributed by atoms with Crippen molar-refractivity contribution < 1.29 is 19.1 Å². The van der Waals surface area contributed by atoms with Crippen LogP contribution in [0.4, 0.5) is 10.1 Å². The molecule has 4 N–H and O–H groups in total. The summed E-state index contributed by atoms with van der Waals surface area (Å²) in [4.78, 5) is 37.4. The number of carboxylic acid groups (broad SMARTS) is 1. The van der Waals surface area contributed by atoms with E-state index in [1.54, 1.807) is 13.0 Å². The maximum absolute atomic E-state index is 15.1. The van der Waals surface area contributed by atoms with Gasteiger partial charge in [-0.2, -0.15) is 0 Å². The summed E-state index contributed by atoms with van der Waals surface area (Å²) < 4.78 is 16.9. The van der Waals surface area contributed by atoms with Gasteiger partial charge in [0.25, 0.3) is 5.91 Å². The van der Waals surface area contributed by atoms with Crippen LogP contribution in [0.25, 0.3) is 10.9 Å². The van der Waals surface area contributed by atoms with Crippen LogP contribution in [-0.4, -0.2) is 46.7 Å². The highest BCUT2D eigenvalue weighted by Gasteiger charge is 2.26. The number of carbonyl (C=O) groups is 2. The fourth-order valence-electron chi connectivity index (χ4n) is 4.86. The Kier molecular flexibility index (Phi) is 6.97. The van der Waals surface area contributed by atoms with Crippen LogP contribution in [0.1, 0.15) is 68.3 Å². The van der Waals surface area contributed by atoms with Gasteiger partial charge in [-0.3, -0.25) is 9.59 Å². The molecule has 1 aromatic heterocycles. The van der Waals surface area contributed by atoms with Crippen LogP contribution >= 0.6 is 0 Å². The maximum atomic E-state index is 15.1. The SMILES string of the molecule is CCC(NC(=O)c1cn(C2CCNC2)c2cc(NC3CCCCC3)c(F)cc2c1=O)C(=O)O. The molecule has 0 radical (unpaired) electrons. The van der Waals surface area contributed by atoms with Gasteiger partial charge in [-0.25, -0.2) is 9.18 Å². The minimum atomic E-state index is -1.17. The summed E-state index contributed by atoms with van der Waals surface area (Å²) in [6, 6.07) is 1.97. The molecule has 2 aromatic rings. The van der Waals surface area contributed by atoms with Crippen molar-refractivity contribution in [3.63, 3.8) is 0 Å². The van der Waals surface area contributed by atoms with Gasteiger partial charge < -0.3 is 25.6 Å². The summed E-state index contributed by atoms with van der Waals surface area (Å²) in [6.07, 6.45) is 7.86. The Morgan fingerprint density at radius 1 is 1.24 bits per heavy atom. The highest BCUT2D eigenvalue weighted by Crippen LogP contribution is 2.29. The second-order valence-electron chi connectivity index (χ2n) is 9.03. The lowest BCUT2D eigenvalue weighted by Crippen LogP contribution is -2.42. The lowest BCUT2D eigenvalue weighted by molar-refractivity contribution is -0.139. The van der Waals surface area contributed by atoms with E-state index in [0.29, 0.717) is 17.7 Å². The van der Waals surface area contributed by atoms with E-state index < -0.39 is 29.2 Å². The quantitative estimate of drug-likeness (QED) is 0.507. The normalized spacial score (nSPS) is 20.0. The second-order valence-corrected chi connectivity index (χ2v) is 9.03. The van der Waals surface area contributed by atoms with Crippen LogP contribution in [0, 0.1) is 5.82 Å². The lowest BCUT2D eigenvalue weighted by atomic mass is 9.95. The molecule has 1 saturated heterocycles. The molecule has 178 valence electrons. The van der Waals surface area contributed by atoms with E-state index in [1.807, 2.05) is 4.57 Å². The monoisotopic (exact) mass is 458 g/mol. The number of carbonyl (C=O) groups excluding carboxylic acids is 1. The van der Waals surface area contributed by atoms with Gasteiger partial charge in [0.15, 0.2) is 0 Å². The van der Waals surface area contributed by atoms with Crippen molar-refractivity contribution in [3.05, 3.63) is 39.9 Å². The number of amides is 1. The first-order valence-corrected chi connectivity index (χ1v) is 11.8. The van der Waals surface area contributed by atoms with Gasteiger partial charge in [0, 0.05) is 30.2 Å². The molecular formula is C24H31FN4O4. The van der Waals surface area contributed by atoms with Gasteiger partial charge >= 0.3 is 5.97 Å². The van der Waals surface area contributed by atoms with Gasteiger partial charge in [-0.05, 0) is 44.4 Å². The number of aliphatic carboxylic acids is 1. The zero-order valence-corrected chi connectivity index (χ0v) is 18.8. The number of fused-ring (bicyclic) bond motifs is 1. The Morgan fingerprint density at radius 3 is 2.64 bits per heavy atom. The number of carboxylic acids is 1. The summed E-state index contributed by atoms with van der Waals surface area (Å²) in [5.41, 5.74) is 0.146. The lowest BCUT2D eigenvalue weighted by Gasteiger charge is -2.25. The zero-order valence-electron chi connectivity index (χ0n) is 18.8. The number of aromatic nitrogens is 1. The van der Waals surface area contributed by atoms with Gasteiger partial charge in [-0.15, -0.1) is 0 Å². The number of hydrogen-bond donors (Lipinski definition) is 4. The smallest absolute Gasteiger partial charge is 0.326 e. The van der Waals surface area contributed by atoms with Crippen molar-refractivity contribution in [2.45, 2.75) is 70.0 Å². The second kappa shape index (κ2) is 9.91. The number of benzene rings is 1. The molecule has 2 atom stereocenters. The molecule has 9 heteroatoms. The molecule has 33 heavy (non-hydrogen) atoms. The number of halogens is 1. The van der Waals surface area contributed by atoms with E-state index in [0.717, 1.165) is 38.6 Å². The van der Waals surface area contributed by atoms with Gasteiger partial charge in [-0.1, -0.05) is 26.2 Å². The van der Waals surface area contributed by atoms with E-state index in [2.05, 4.69) is 16.0 Å². The predicted octanol–water partition coefficient (Wildman–Crippen LogP) is 3.01. The number of hydrogen-bond acceptors (Lipinski definition) is 5. The van der Waals surface area contributed by atoms with Crippen molar-refractivity contribution in [2.75, 3.05) is 18.4 Å². The van der Waals surface area contributed by atoms with E-state index in [9.17, 15) is 19.5 Å². The molecule has 1 amide bonds. The first-order valence-electron chi connectivity index (χ1n) is 11.8. The van der Waals surface area contributed by atoms with E-state index in [4.69, 9.17) is 0 Å². The van der Waals surface area contributed by atoms with Crippen molar-refractivity contribution >= 4 is 28.5 Å². The summed E-state index contributed by atoms with van der Waals surface area (Å²) in [5, 5.41) is 18.4. The molecule has 2 fully saturated rings. The first kappa shape index (κ1) is 23.2. The van der Waals surface area contributed by atoms with Crippen molar-refractivity contribution in [1.82, 2.24) is 15.2 Å². The Balaban J connectivity index is 1.78. The Bertz CT molecular complexity index is 1100. The number of rotatable bonds is 7. The van der Waals surface area contributed by atoms with Crippen LogP contribution in [-0.2, 0) is 4.79 Å². The van der Waals surface area contributed by atoms with Crippen LogP contribution in [0.3, 0.4) is 0 Å². The molecule has 2 heterocycles. The molecular weight excluding hydrogens is 427 g/mol. The van der Waals surface area contributed by atoms with Crippen molar-refractivity contribution in [1.29, 1.82) is 0 Å². The largest absolute Gasteiger partial charge is 0.480 e.